The number of ether oxygens (including phenoxy) is 1. The molecular weight excluding hydrogens is 516 g/mol. The molecule has 1 amide bonds. The third-order valence-corrected chi connectivity index (χ3v) is 8.12. The van der Waals surface area contributed by atoms with Crippen LogP contribution in [0.15, 0.2) is 66.7 Å². The van der Waals surface area contributed by atoms with Crippen LogP contribution in [0.5, 0.6) is 5.75 Å². The molecule has 0 bridgehead atoms. The van der Waals surface area contributed by atoms with Crippen LogP contribution in [0.2, 0.25) is 5.02 Å². The fraction of sp³-hybridized carbons (Fsp3) is 0.259. The third kappa shape index (κ3) is 5.57. The van der Waals surface area contributed by atoms with Gasteiger partial charge in [0.1, 0.15) is 11.8 Å². The maximum absolute atomic E-state index is 13.6. The van der Waals surface area contributed by atoms with E-state index in [1.165, 1.54) is 12.0 Å². The zero-order chi connectivity index (χ0) is 26.7. The molecule has 0 unspecified atom stereocenters. The number of aliphatic carboxylic acids is 1. The second-order valence-electron chi connectivity index (χ2n) is 8.68. The summed E-state index contributed by atoms with van der Waals surface area (Å²) in [5.41, 5.74) is 2.91. The van der Waals surface area contributed by atoms with E-state index >= 15 is 0 Å². The second-order valence-corrected chi connectivity index (χ2v) is 11.1. The van der Waals surface area contributed by atoms with Crippen LogP contribution in [0, 0.1) is 0 Å². The minimum absolute atomic E-state index is 0.0519. The van der Waals surface area contributed by atoms with Crippen LogP contribution in [-0.2, 0) is 14.8 Å². The number of likely N-dealkylation sites (tertiary alicyclic amines) is 1. The van der Waals surface area contributed by atoms with Gasteiger partial charge in [0.25, 0.3) is 5.91 Å². The average molecular weight is 543 g/mol. The van der Waals surface area contributed by atoms with Gasteiger partial charge < -0.3 is 14.7 Å². The monoisotopic (exact) mass is 542 g/mol. The number of benzene rings is 3. The van der Waals surface area contributed by atoms with Gasteiger partial charge in [-0.1, -0.05) is 41.9 Å². The Labute approximate surface area is 220 Å². The lowest BCUT2D eigenvalue weighted by atomic mass is 10.0. The van der Waals surface area contributed by atoms with E-state index < -0.39 is 34.0 Å². The first-order chi connectivity index (χ1) is 17.6. The van der Waals surface area contributed by atoms with Gasteiger partial charge >= 0.3 is 5.97 Å². The Balaban J connectivity index is 1.63. The molecule has 2 N–H and O–H groups in total. The van der Waals surface area contributed by atoms with Gasteiger partial charge in [-0.25, -0.2) is 13.2 Å². The van der Waals surface area contributed by atoms with Gasteiger partial charge in [-0.05, 0) is 61.2 Å². The Morgan fingerprint density at radius 2 is 1.78 bits per heavy atom. The van der Waals surface area contributed by atoms with E-state index in [9.17, 15) is 23.1 Å². The topological polar surface area (TPSA) is 113 Å². The van der Waals surface area contributed by atoms with Gasteiger partial charge in [-0.15, -0.1) is 0 Å². The molecule has 8 nitrogen and oxygen atoms in total. The van der Waals surface area contributed by atoms with Gasteiger partial charge in [0, 0.05) is 22.2 Å². The minimum atomic E-state index is -3.43. The predicted octanol–water partition coefficient (Wildman–Crippen LogP) is 5.21. The van der Waals surface area contributed by atoms with Crippen molar-refractivity contribution in [1.29, 1.82) is 0 Å². The molecule has 0 aromatic heterocycles. The largest absolute Gasteiger partial charge is 0.496 e. The number of anilines is 1. The van der Waals surface area contributed by atoms with E-state index in [0.29, 0.717) is 40.4 Å². The van der Waals surface area contributed by atoms with Crippen LogP contribution in [0.25, 0.3) is 11.1 Å². The number of carboxylic acid groups (broad SMARTS) is 1. The zero-order valence-electron chi connectivity index (χ0n) is 20.3. The van der Waals surface area contributed by atoms with Crippen molar-refractivity contribution in [3.05, 3.63) is 82.9 Å². The number of sulfonamides is 1. The summed E-state index contributed by atoms with van der Waals surface area (Å²) in [5, 5.41) is 10.3. The van der Waals surface area contributed by atoms with E-state index in [0.717, 1.165) is 11.1 Å². The molecule has 1 aliphatic heterocycles. The van der Waals surface area contributed by atoms with Crippen LogP contribution in [0.1, 0.15) is 41.7 Å². The van der Waals surface area contributed by atoms with E-state index in [2.05, 4.69) is 4.72 Å². The minimum Gasteiger partial charge on any atom is -0.496 e. The molecule has 0 radical (unpaired) electrons. The lowest BCUT2D eigenvalue weighted by molar-refractivity contribution is -0.141. The number of nitrogens with zero attached hydrogens (tertiary/aromatic N) is 1. The molecule has 4 rings (SSSR count). The summed E-state index contributed by atoms with van der Waals surface area (Å²) < 4.78 is 31.8. The molecule has 1 fully saturated rings. The molecule has 1 aliphatic rings. The van der Waals surface area contributed by atoms with Crippen LogP contribution < -0.4 is 9.46 Å². The number of rotatable bonds is 8. The van der Waals surface area contributed by atoms with Crippen molar-refractivity contribution in [1.82, 2.24) is 4.90 Å². The first-order valence-corrected chi connectivity index (χ1v) is 13.8. The van der Waals surface area contributed by atoms with Gasteiger partial charge in [0.15, 0.2) is 0 Å². The number of carboxylic acids is 1. The van der Waals surface area contributed by atoms with E-state index in [4.69, 9.17) is 16.3 Å². The SMILES string of the molecule is CCS(=O)(=O)Nc1ccc(-c2ccc(C(=O)N3[C@@H](c4ccccc4Cl)CC[C@H]3C(=O)O)cc2)c(OC)c1. The summed E-state index contributed by atoms with van der Waals surface area (Å²) in [6.45, 7) is 1.55. The fourth-order valence-electron chi connectivity index (χ4n) is 4.57. The normalized spacial score (nSPS) is 17.4. The zero-order valence-corrected chi connectivity index (χ0v) is 21.9. The molecule has 1 saturated heterocycles. The molecule has 37 heavy (non-hydrogen) atoms. The highest BCUT2D eigenvalue weighted by Crippen LogP contribution is 2.40. The van der Waals surface area contributed by atoms with Crippen molar-refractivity contribution in [3.8, 4) is 16.9 Å². The third-order valence-electron chi connectivity index (χ3n) is 6.47. The Bertz CT molecular complexity index is 1430. The lowest BCUT2D eigenvalue weighted by Gasteiger charge is -2.29. The number of nitrogens with one attached hydrogen (secondary N) is 1. The first-order valence-electron chi connectivity index (χ1n) is 11.7. The molecule has 0 aliphatic carbocycles. The fourth-order valence-corrected chi connectivity index (χ4v) is 5.47. The van der Waals surface area contributed by atoms with Gasteiger partial charge in [0.2, 0.25) is 10.0 Å². The van der Waals surface area contributed by atoms with Crippen LogP contribution in [0.4, 0.5) is 5.69 Å². The molecule has 2 atom stereocenters. The molecule has 3 aromatic rings. The number of hydrogen-bond acceptors (Lipinski definition) is 5. The summed E-state index contributed by atoms with van der Waals surface area (Å²) in [6.07, 6.45) is 0.830. The molecule has 194 valence electrons. The summed E-state index contributed by atoms with van der Waals surface area (Å²) in [6, 6.07) is 17.5. The summed E-state index contributed by atoms with van der Waals surface area (Å²) in [7, 11) is -1.95. The van der Waals surface area contributed by atoms with E-state index in [1.54, 1.807) is 61.5 Å². The second kappa shape index (κ2) is 10.8. The number of amides is 1. The number of carbonyl (C=O) groups is 2. The van der Waals surface area contributed by atoms with Gasteiger partial charge in [-0.3, -0.25) is 9.52 Å². The number of carbonyl (C=O) groups excluding carboxylic acids is 1. The number of hydrogen-bond donors (Lipinski definition) is 2. The Kier molecular flexibility index (Phi) is 7.75. The molecular formula is C27H27ClN2O6S. The Morgan fingerprint density at radius 3 is 2.41 bits per heavy atom. The van der Waals surface area contributed by atoms with Crippen molar-refractivity contribution < 1.29 is 27.9 Å². The molecule has 3 aromatic carbocycles. The highest BCUT2D eigenvalue weighted by atomic mass is 35.5. The van der Waals surface area contributed by atoms with Gasteiger partial charge in [-0.2, -0.15) is 0 Å². The van der Waals surface area contributed by atoms with Crippen molar-refractivity contribution >= 4 is 39.2 Å². The van der Waals surface area contributed by atoms with Crippen molar-refractivity contribution in [2.75, 3.05) is 17.6 Å². The van der Waals surface area contributed by atoms with Gasteiger partial charge in [0.05, 0.1) is 24.6 Å². The smallest absolute Gasteiger partial charge is 0.326 e. The molecule has 0 saturated carbocycles. The lowest BCUT2D eigenvalue weighted by Crippen LogP contribution is -2.41. The maximum Gasteiger partial charge on any atom is 0.326 e. The summed E-state index contributed by atoms with van der Waals surface area (Å²) in [4.78, 5) is 26.9. The van der Waals surface area contributed by atoms with Crippen LogP contribution in [-0.4, -0.2) is 49.2 Å². The highest BCUT2D eigenvalue weighted by molar-refractivity contribution is 7.92. The Morgan fingerprint density at radius 1 is 1.08 bits per heavy atom. The molecule has 1 heterocycles. The van der Waals surface area contributed by atoms with Crippen molar-refractivity contribution in [2.45, 2.75) is 31.8 Å². The van der Waals surface area contributed by atoms with Crippen LogP contribution >= 0.6 is 11.6 Å². The van der Waals surface area contributed by atoms with Crippen molar-refractivity contribution in [3.63, 3.8) is 0 Å². The summed E-state index contributed by atoms with van der Waals surface area (Å²) >= 11 is 6.38. The summed E-state index contributed by atoms with van der Waals surface area (Å²) in [5.74, 6) is -1.04. The standard InChI is InChI=1S/C27H27ClN2O6S/c1-3-37(34,35)29-19-12-13-20(25(16-19)36-2)17-8-10-18(11-9-17)26(31)30-23(14-15-24(30)27(32)33)21-6-4-5-7-22(21)28/h4-13,16,23-24,29H,3,14-15H2,1-2H3,(H,32,33)/t23-,24+/m1/s1. The predicted molar refractivity (Wildman–Crippen MR) is 143 cm³/mol. The highest BCUT2D eigenvalue weighted by Gasteiger charge is 2.42. The quantitative estimate of drug-likeness (QED) is 0.404. The number of halogens is 1. The number of methoxy groups -OCH3 is 1. The van der Waals surface area contributed by atoms with Crippen LogP contribution in [0.3, 0.4) is 0 Å². The van der Waals surface area contributed by atoms with E-state index in [1.807, 2.05) is 12.1 Å². The average Bonchev–Trinajstić information content (AvgIpc) is 3.33. The van der Waals surface area contributed by atoms with E-state index in [-0.39, 0.29) is 5.75 Å². The first kappa shape index (κ1) is 26.5. The maximum atomic E-state index is 13.6. The van der Waals surface area contributed by atoms with Crippen molar-refractivity contribution in [2.24, 2.45) is 0 Å². The Hall–Kier alpha value is -3.56. The molecule has 10 heteroatoms. The molecule has 0 spiro atoms.